The molecule has 0 unspecified atom stereocenters. The predicted molar refractivity (Wildman–Crippen MR) is 70.2 cm³/mol. The molecule has 1 N–H and O–H groups in total. The van der Waals surface area contributed by atoms with Crippen molar-refractivity contribution >= 4 is 25.8 Å². The third-order valence-corrected chi connectivity index (χ3v) is 4.00. The zero-order valence-electron chi connectivity index (χ0n) is 11.0. The van der Waals surface area contributed by atoms with Gasteiger partial charge < -0.3 is 10.1 Å². The number of ether oxygens (including phenoxy) is 1. The third-order valence-electron chi connectivity index (χ3n) is 2.78. The first kappa shape index (κ1) is 15.6. The van der Waals surface area contributed by atoms with Gasteiger partial charge in [-0.05, 0) is 33.6 Å². The predicted octanol–water partition coefficient (Wildman–Crippen LogP) is 2.39. The Balaban J connectivity index is 2.72. The molecule has 5 nitrogen and oxygen atoms in total. The molecule has 0 spiro atoms. The molecular formula is C11H20ClNO4S. The molecular weight excluding hydrogens is 278 g/mol. The minimum absolute atomic E-state index is 0.249. The molecule has 0 saturated heterocycles. The second kappa shape index (κ2) is 5.25. The number of hydrogen-bond acceptors (Lipinski definition) is 4. The smallest absolute Gasteiger partial charge is 0.408 e. The van der Waals surface area contributed by atoms with Crippen LogP contribution in [0.5, 0.6) is 0 Å². The Bertz CT molecular complexity index is 407. The van der Waals surface area contributed by atoms with E-state index in [2.05, 4.69) is 5.32 Å². The Morgan fingerprint density at radius 1 is 1.33 bits per heavy atom. The highest BCUT2D eigenvalue weighted by Crippen LogP contribution is 2.32. The van der Waals surface area contributed by atoms with Gasteiger partial charge in [0.2, 0.25) is 9.05 Å². The molecule has 0 aromatic rings. The molecule has 7 heteroatoms. The summed E-state index contributed by atoms with van der Waals surface area (Å²) < 4.78 is 27.6. The Morgan fingerprint density at radius 2 is 1.83 bits per heavy atom. The van der Waals surface area contributed by atoms with E-state index in [-0.39, 0.29) is 5.75 Å². The average molecular weight is 298 g/mol. The van der Waals surface area contributed by atoms with E-state index in [0.717, 1.165) is 12.8 Å². The highest BCUT2D eigenvalue weighted by atomic mass is 35.7. The lowest BCUT2D eigenvalue weighted by Crippen LogP contribution is -2.51. The van der Waals surface area contributed by atoms with Crippen molar-refractivity contribution in [3.8, 4) is 0 Å². The maximum absolute atomic E-state index is 11.7. The van der Waals surface area contributed by atoms with Crippen LogP contribution in [-0.4, -0.2) is 31.4 Å². The van der Waals surface area contributed by atoms with Crippen molar-refractivity contribution in [3.05, 3.63) is 0 Å². The van der Waals surface area contributed by atoms with Gasteiger partial charge in [-0.2, -0.15) is 0 Å². The largest absolute Gasteiger partial charge is 0.444 e. The molecule has 106 valence electrons. The molecule has 0 aliphatic heterocycles. The van der Waals surface area contributed by atoms with Gasteiger partial charge in [0.05, 0.1) is 11.3 Å². The summed E-state index contributed by atoms with van der Waals surface area (Å²) in [5.74, 6) is -0.249. The molecule has 0 bridgehead atoms. The summed E-state index contributed by atoms with van der Waals surface area (Å²) in [5.41, 5.74) is -1.38. The molecule has 1 saturated carbocycles. The van der Waals surface area contributed by atoms with Crippen LogP contribution in [0.1, 0.15) is 46.5 Å². The normalized spacial score (nSPS) is 19.6. The topological polar surface area (TPSA) is 72.5 Å². The van der Waals surface area contributed by atoms with Crippen LogP contribution in [0.25, 0.3) is 0 Å². The van der Waals surface area contributed by atoms with Crippen molar-refractivity contribution in [1.29, 1.82) is 0 Å². The molecule has 0 radical (unpaired) electrons. The second-order valence-corrected chi connectivity index (χ2v) is 8.57. The van der Waals surface area contributed by atoms with E-state index in [1.165, 1.54) is 0 Å². The highest BCUT2D eigenvalue weighted by Gasteiger charge is 2.40. The van der Waals surface area contributed by atoms with E-state index in [1.54, 1.807) is 20.8 Å². The average Bonchev–Trinajstić information content (AvgIpc) is 2.44. The van der Waals surface area contributed by atoms with Gasteiger partial charge in [0.1, 0.15) is 5.60 Å². The summed E-state index contributed by atoms with van der Waals surface area (Å²) in [4.78, 5) is 11.7. The number of carbonyl (C=O) groups is 1. The third kappa shape index (κ3) is 5.44. The molecule has 0 atom stereocenters. The van der Waals surface area contributed by atoms with Crippen molar-refractivity contribution in [2.24, 2.45) is 0 Å². The van der Waals surface area contributed by atoms with Gasteiger partial charge in [0.25, 0.3) is 0 Å². The first-order chi connectivity index (χ1) is 8.02. The van der Waals surface area contributed by atoms with Gasteiger partial charge in [-0.25, -0.2) is 13.2 Å². The quantitative estimate of drug-likeness (QED) is 0.812. The first-order valence-electron chi connectivity index (χ1n) is 5.95. The standard InChI is InChI=1S/C11H20ClNO4S/c1-10(2,3)17-9(14)13-11(6-4-5-7-11)8-18(12,15)16/h4-8H2,1-3H3,(H,13,14). The molecule has 0 aromatic heterocycles. The lowest BCUT2D eigenvalue weighted by molar-refractivity contribution is 0.0468. The summed E-state index contributed by atoms with van der Waals surface area (Å²) in [6.45, 7) is 5.27. The summed E-state index contributed by atoms with van der Waals surface area (Å²) in [7, 11) is 1.65. The van der Waals surface area contributed by atoms with Gasteiger partial charge in [0, 0.05) is 10.7 Å². The fourth-order valence-electron chi connectivity index (χ4n) is 2.21. The van der Waals surface area contributed by atoms with Crippen molar-refractivity contribution < 1.29 is 17.9 Å². The number of amides is 1. The number of carbonyl (C=O) groups excluding carboxylic acids is 1. The van der Waals surface area contributed by atoms with Crippen LogP contribution in [0, 0.1) is 0 Å². The zero-order chi connectivity index (χ0) is 14.0. The Labute approximate surface area is 113 Å². The van der Waals surface area contributed by atoms with Crippen molar-refractivity contribution in [3.63, 3.8) is 0 Å². The summed E-state index contributed by atoms with van der Waals surface area (Å²) in [5, 5.41) is 2.68. The number of rotatable bonds is 3. The van der Waals surface area contributed by atoms with Crippen molar-refractivity contribution in [1.82, 2.24) is 5.32 Å². The van der Waals surface area contributed by atoms with Crippen molar-refractivity contribution in [2.75, 3.05) is 5.75 Å². The maximum atomic E-state index is 11.7. The van der Waals surface area contributed by atoms with Gasteiger partial charge in [-0.15, -0.1) is 0 Å². The molecule has 1 rings (SSSR count). The molecule has 1 aliphatic rings. The summed E-state index contributed by atoms with van der Waals surface area (Å²) >= 11 is 0. The van der Waals surface area contributed by atoms with Crippen molar-refractivity contribution in [2.45, 2.75) is 57.6 Å². The van der Waals surface area contributed by atoms with Crippen LogP contribution < -0.4 is 5.32 Å². The fourth-order valence-corrected chi connectivity index (χ4v) is 3.85. The van der Waals surface area contributed by atoms with Crippen LogP contribution in [0.3, 0.4) is 0 Å². The number of halogens is 1. The van der Waals surface area contributed by atoms with Crippen LogP contribution in [0.2, 0.25) is 0 Å². The molecule has 18 heavy (non-hydrogen) atoms. The molecule has 1 amide bonds. The van der Waals surface area contributed by atoms with E-state index in [1.807, 2.05) is 0 Å². The van der Waals surface area contributed by atoms with Gasteiger partial charge in [-0.3, -0.25) is 0 Å². The van der Waals surface area contributed by atoms with E-state index in [0.29, 0.717) is 12.8 Å². The van der Waals surface area contributed by atoms with E-state index in [9.17, 15) is 13.2 Å². The van der Waals surface area contributed by atoms with Crippen LogP contribution in [0.15, 0.2) is 0 Å². The van der Waals surface area contributed by atoms with Crippen LogP contribution in [0.4, 0.5) is 4.79 Å². The molecule has 1 aliphatic carbocycles. The minimum atomic E-state index is -3.65. The molecule has 0 heterocycles. The van der Waals surface area contributed by atoms with E-state index in [4.69, 9.17) is 15.4 Å². The van der Waals surface area contributed by atoms with Crippen LogP contribution in [-0.2, 0) is 13.8 Å². The van der Waals surface area contributed by atoms with Gasteiger partial charge in [-0.1, -0.05) is 12.8 Å². The van der Waals surface area contributed by atoms with E-state index >= 15 is 0 Å². The lowest BCUT2D eigenvalue weighted by Gasteiger charge is -2.30. The fraction of sp³-hybridized carbons (Fsp3) is 0.909. The maximum Gasteiger partial charge on any atom is 0.408 e. The molecule has 0 aromatic carbocycles. The zero-order valence-corrected chi connectivity index (χ0v) is 12.5. The SMILES string of the molecule is CC(C)(C)OC(=O)NC1(CS(=O)(=O)Cl)CCCC1. The summed E-state index contributed by atoms with van der Waals surface area (Å²) in [6, 6.07) is 0. The highest BCUT2D eigenvalue weighted by molar-refractivity contribution is 8.13. The monoisotopic (exact) mass is 297 g/mol. The Kier molecular flexibility index (Phi) is 4.54. The molecule has 1 fully saturated rings. The summed E-state index contributed by atoms with van der Waals surface area (Å²) in [6.07, 6.45) is 2.38. The van der Waals surface area contributed by atoms with E-state index < -0.39 is 26.3 Å². The number of hydrogen-bond donors (Lipinski definition) is 1. The van der Waals surface area contributed by atoms with Gasteiger partial charge in [0.15, 0.2) is 0 Å². The first-order valence-corrected chi connectivity index (χ1v) is 8.43. The number of nitrogens with one attached hydrogen (secondary N) is 1. The number of alkyl carbamates (subject to hydrolysis) is 1. The minimum Gasteiger partial charge on any atom is -0.444 e. The Morgan fingerprint density at radius 3 is 2.22 bits per heavy atom. The lowest BCUT2D eigenvalue weighted by atomic mass is 10.0. The second-order valence-electron chi connectivity index (χ2n) is 5.80. The van der Waals surface area contributed by atoms with Crippen LogP contribution >= 0.6 is 10.7 Å². The Hall–Kier alpha value is -0.490. The van der Waals surface area contributed by atoms with Gasteiger partial charge >= 0.3 is 6.09 Å².